The number of carbonyl (C=O) groups is 1. The molecule has 1 atom stereocenters. The summed E-state index contributed by atoms with van der Waals surface area (Å²) in [7, 11) is 0. The molecule has 1 saturated heterocycles. The van der Waals surface area contributed by atoms with Crippen molar-refractivity contribution in [1.82, 2.24) is 14.9 Å². The van der Waals surface area contributed by atoms with Crippen molar-refractivity contribution in [3.8, 4) is 17.2 Å². The van der Waals surface area contributed by atoms with Gasteiger partial charge >= 0.3 is 0 Å². The van der Waals surface area contributed by atoms with Gasteiger partial charge in [0.1, 0.15) is 11.9 Å². The maximum atomic E-state index is 12.8. The number of hydrogen-bond donors (Lipinski definition) is 1. The van der Waals surface area contributed by atoms with E-state index in [0.29, 0.717) is 49.9 Å². The fraction of sp³-hybridized carbons (Fsp3) is 0.500. The van der Waals surface area contributed by atoms with E-state index in [1.54, 1.807) is 12.3 Å². The van der Waals surface area contributed by atoms with Gasteiger partial charge in [0.15, 0.2) is 0 Å². The van der Waals surface area contributed by atoms with E-state index >= 15 is 0 Å². The molecule has 2 aromatic heterocycles. The van der Waals surface area contributed by atoms with Crippen LogP contribution in [0.25, 0.3) is 17.2 Å². The molecule has 2 saturated carbocycles. The van der Waals surface area contributed by atoms with E-state index < -0.39 is 0 Å². The number of rotatable bonds is 8. The van der Waals surface area contributed by atoms with Gasteiger partial charge in [-0.15, -0.1) is 0 Å². The van der Waals surface area contributed by atoms with E-state index in [1.165, 1.54) is 0 Å². The summed E-state index contributed by atoms with van der Waals surface area (Å²) in [5.41, 5.74) is 5.54. The summed E-state index contributed by atoms with van der Waals surface area (Å²) < 4.78 is 0. The minimum absolute atomic E-state index is 0.0383. The maximum Gasteiger partial charge on any atom is 0.223 e. The second-order valence-electron chi connectivity index (χ2n) is 10.0. The predicted molar refractivity (Wildman–Crippen MR) is 136 cm³/mol. The Labute approximate surface area is 207 Å². The van der Waals surface area contributed by atoms with E-state index in [4.69, 9.17) is 10.1 Å². The van der Waals surface area contributed by atoms with Gasteiger partial charge in [-0.2, -0.15) is 5.26 Å². The lowest BCUT2D eigenvalue weighted by molar-refractivity contribution is -0.134. The molecule has 7 nitrogen and oxygen atoms in total. The van der Waals surface area contributed by atoms with Crippen molar-refractivity contribution < 1.29 is 9.90 Å². The maximum absolute atomic E-state index is 12.8. The van der Waals surface area contributed by atoms with Gasteiger partial charge in [-0.25, -0.2) is 4.98 Å². The molecule has 182 valence electrons. The predicted octanol–water partition coefficient (Wildman–Crippen LogP) is 4.04. The van der Waals surface area contributed by atoms with Crippen molar-refractivity contribution in [3.63, 3.8) is 0 Å². The number of nitriles is 1. The third-order valence-corrected chi connectivity index (χ3v) is 7.56. The quantitative estimate of drug-likeness (QED) is 0.624. The van der Waals surface area contributed by atoms with Crippen LogP contribution in [0.1, 0.15) is 67.0 Å². The molecule has 3 fully saturated rings. The van der Waals surface area contributed by atoms with Gasteiger partial charge < -0.3 is 14.9 Å². The molecule has 0 aromatic carbocycles. The first-order valence-corrected chi connectivity index (χ1v) is 12.7. The molecule has 2 aromatic rings. The van der Waals surface area contributed by atoms with E-state index in [0.717, 1.165) is 59.6 Å². The molecule has 1 unspecified atom stereocenters. The fourth-order valence-electron chi connectivity index (χ4n) is 5.38. The molecule has 3 aliphatic rings. The summed E-state index contributed by atoms with van der Waals surface area (Å²) >= 11 is 0. The van der Waals surface area contributed by atoms with Crippen LogP contribution in [0.5, 0.6) is 0 Å². The van der Waals surface area contributed by atoms with Gasteiger partial charge in [0, 0.05) is 50.3 Å². The second-order valence-corrected chi connectivity index (χ2v) is 10.0. The third-order valence-electron chi connectivity index (χ3n) is 7.56. The lowest BCUT2D eigenvalue weighted by Gasteiger charge is -2.43. The highest BCUT2D eigenvalue weighted by molar-refractivity contribution is 5.79. The van der Waals surface area contributed by atoms with E-state index in [9.17, 15) is 10.1 Å². The number of pyridine rings is 2. The molecule has 1 aliphatic heterocycles. The third kappa shape index (κ3) is 4.68. The van der Waals surface area contributed by atoms with Crippen molar-refractivity contribution in [2.45, 2.75) is 57.4 Å². The molecule has 3 heterocycles. The molecule has 0 spiro atoms. The van der Waals surface area contributed by atoms with Crippen LogP contribution in [0.2, 0.25) is 0 Å². The van der Waals surface area contributed by atoms with Crippen molar-refractivity contribution in [2.24, 2.45) is 5.92 Å². The summed E-state index contributed by atoms with van der Waals surface area (Å²) in [6.07, 6.45) is 8.92. The lowest BCUT2D eigenvalue weighted by atomic mass is 9.93. The van der Waals surface area contributed by atoms with Crippen molar-refractivity contribution in [3.05, 3.63) is 47.4 Å². The van der Waals surface area contributed by atoms with Gasteiger partial charge in [0.05, 0.1) is 23.0 Å². The monoisotopic (exact) mass is 471 g/mol. The zero-order valence-electron chi connectivity index (χ0n) is 20.4. The summed E-state index contributed by atoms with van der Waals surface area (Å²) in [6, 6.07) is 6.61. The molecule has 35 heavy (non-hydrogen) atoms. The Balaban J connectivity index is 1.51. The van der Waals surface area contributed by atoms with Gasteiger partial charge in [-0.05, 0) is 74.3 Å². The van der Waals surface area contributed by atoms with E-state index in [-0.39, 0.29) is 18.6 Å². The number of nitrogens with zero attached hydrogens (tertiary/aromatic N) is 5. The zero-order valence-corrected chi connectivity index (χ0v) is 20.4. The Morgan fingerprint density at radius 2 is 2.11 bits per heavy atom. The number of aliphatic hydroxyl groups is 1. The van der Waals surface area contributed by atoms with E-state index in [2.05, 4.69) is 22.5 Å². The molecule has 7 heteroatoms. The minimum Gasteiger partial charge on any atom is -0.396 e. The first-order chi connectivity index (χ1) is 17.0. The zero-order chi connectivity index (χ0) is 24.5. The summed E-state index contributed by atoms with van der Waals surface area (Å²) in [5, 5.41) is 19.4. The van der Waals surface area contributed by atoms with Crippen molar-refractivity contribution >= 4 is 17.8 Å². The standard InChI is InChI=1S/C28H33N5O2/c1-3-22-15-21(10-11-30-22)26-18(2)23(16-29)28(31-27(26)20-8-9-20)32-12-13-33(25(35)5-4-14-34)24(17-32)19-6-7-19/h3,10-11,15,19-20,24,34H,1,4-9,12-14,17H2,2H3. The van der Waals surface area contributed by atoms with Gasteiger partial charge in [-0.1, -0.05) is 6.58 Å². The second kappa shape index (κ2) is 9.79. The minimum atomic E-state index is 0.0383. The molecular weight excluding hydrogens is 438 g/mol. The fourth-order valence-corrected chi connectivity index (χ4v) is 5.38. The van der Waals surface area contributed by atoms with Gasteiger partial charge in [0.2, 0.25) is 5.91 Å². The topological polar surface area (TPSA) is 93.4 Å². The van der Waals surface area contributed by atoms with Crippen LogP contribution in [0.4, 0.5) is 5.82 Å². The molecule has 2 aliphatic carbocycles. The van der Waals surface area contributed by atoms with Crippen LogP contribution < -0.4 is 4.90 Å². The highest BCUT2D eigenvalue weighted by Crippen LogP contribution is 2.47. The summed E-state index contributed by atoms with van der Waals surface area (Å²) in [6.45, 7) is 7.92. The summed E-state index contributed by atoms with van der Waals surface area (Å²) in [4.78, 5) is 26.6. The van der Waals surface area contributed by atoms with Crippen molar-refractivity contribution in [2.75, 3.05) is 31.1 Å². The molecular formula is C28H33N5O2. The number of amides is 1. The van der Waals surface area contributed by atoms with Crippen LogP contribution >= 0.6 is 0 Å². The number of carbonyl (C=O) groups excluding carboxylic acids is 1. The number of aliphatic hydroxyl groups excluding tert-OH is 1. The normalized spacial score (nSPS) is 20.0. The Kier molecular flexibility index (Phi) is 6.57. The Morgan fingerprint density at radius 3 is 2.77 bits per heavy atom. The lowest BCUT2D eigenvalue weighted by Crippen LogP contribution is -2.56. The highest BCUT2D eigenvalue weighted by atomic mass is 16.3. The average Bonchev–Trinajstić information content (AvgIpc) is 3.79. The highest BCUT2D eigenvalue weighted by Gasteiger charge is 2.42. The first kappa shape index (κ1) is 23.5. The summed E-state index contributed by atoms with van der Waals surface area (Å²) in [5.74, 6) is 1.82. The largest absolute Gasteiger partial charge is 0.396 e. The van der Waals surface area contributed by atoms with Crippen molar-refractivity contribution in [1.29, 1.82) is 5.26 Å². The molecule has 0 radical (unpaired) electrons. The molecule has 0 bridgehead atoms. The average molecular weight is 472 g/mol. The van der Waals surface area contributed by atoms with Crippen LogP contribution in [0, 0.1) is 24.2 Å². The SMILES string of the molecule is C=Cc1cc(-c2c(C3CC3)nc(N3CCN(C(=O)CCCO)C(C4CC4)C3)c(C#N)c2C)ccn1. The van der Waals surface area contributed by atoms with Crippen LogP contribution in [0.15, 0.2) is 24.9 Å². The molecule has 1 amide bonds. The Bertz CT molecular complexity index is 1180. The van der Waals surface area contributed by atoms with Gasteiger partial charge in [0.25, 0.3) is 0 Å². The number of aromatic nitrogens is 2. The molecule has 5 rings (SSSR count). The first-order valence-electron chi connectivity index (χ1n) is 12.7. The number of anilines is 1. The van der Waals surface area contributed by atoms with Crippen LogP contribution in [-0.4, -0.2) is 58.2 Å². The number of piperazine rings is 1. The Morgan fingerprint density at radius 1 is 1.31 bits per heavy atom. The van der Waals surface area contributed by atoms with E-state index in [1.807, 2.05) is 24.0 Å². The van der Waals surface area contributed by atoms with Gasteiger partial charge in [-0.3, -0.25) is 9.78 Å². The van der Waals surface area contributed by atoms with Crippen LogP contribution in [0.3, 0.4) is 0 Å². The Hall–Kier alpha value is -3.24. The van der Waals surface area contributed by atoms with Crippen LogP contribution in [-0.2, 0) is 4.79 Å². The molecule has 1 N–H and O–H groups in total. The smallest absolute Gasteiger partial charge is 0.223 e. The number of hydrogen-bond acceptors (Lipinski definition) is 6.